The van der Waals surface area contributed by atoms with Gasteiger partial charge in [-0.3, -0.25) is 4.79 Å². The largest absolute Gasteiger partial charge is 0.508 e. The monoisotopic (exact) mass is 301 g/mol. The summed E-state index contributed by atoms with van der Waals surface area (Å²) in [6.45, 7) is 1.62. The molecule has 1 unspecified atom stereocenters. The maximum absolute atomic E-state index is 12.7. The molecule has 0 spiro atoms. The first kappa shape index (κ1) is 14.1. The molecule has 1 aliphatic rings. The van der Waals surface area contributed by atoms with Crippen molar-refractivity contribution in [3.05, 3.63) is 53.1 Å². The van der Waals surface area contributed by atoms with Gasteiger partial charge in [-0.15, -0.1) is 0 Å². The lowest BCUT2D eigenvalue weighted by Gasteiger charge is -2.13. The van der Waals surface area contributed by atoms with Crippen LogP contribution in [0.5, 0.6) is 5.75 Å². The van der Waals surface area contributed by atoms with Crippen LogP contribution in [0, 0.1) is 5.92 Å². The second kappa shape index (κ2) is 5.88. The van der Waals surface area contributed by atoms with Gasteiger partial charge >= 0.3 is 0 Å². The zero-order chi connectivity index (χ0) is 14.8. The molecule has 1 heterocycles. The third-order valence-electron chi connectivity index (χ3n) is 3.82. The van der Waals surface area contributed by atoms with Crippen molar-refractivity contribution in [1.82, 2.24) is 5.32 Å². The molecule has 1 fully saturated rings. The number of phenols is 1. The van der Waals surface area contributed by atoms with Crippen molar-refractivity contribution in [2.24, 2.45) is 5.92 Å². The standard InChI is InChI=1S/C17H16ClNO2/c18-13-7-12(8-14(20)9-13)15-3-1-2-4-16(15)17(21)11-5-6-19-10-11/h1-4,7-9,11,19-20H,5-6,10H2. The molecule has 2 N–H and O–H groups in total. The molecule has 0 radical (unpaired) electrons. The predicted octanol–water partition coefficient (Wildman–Crippen LogP) is 3.50. The number of aromatic hydroxyl groups is 1. The van der Waals surface area contributed by atoms with Crippen LogP contribution in [0.1, 0.15) is 16.8 Å². The van der Waals surface area contributed by atoms with Crippen LogP contribution in [0.4, 0.5) is 0 Å². The normalized spacial score (nSPS) is 17.9. The Morgan fingerprint density at radius 3 is 2.76 bits per heavy atom. The number of halogens is 1. The Balaban J connectivity index is 2.04. The molecule has 0 amide bonds. The molecule has 2 aromatic carbocycles. The average molecular weight is 302 g/mol. The summed E-state index contributed by atoms with van der Waals surface area (Å²) in [5.74, 6) is 0.274. The average Bonchev–Trinajstić information content (AvgIpc) is 2.99. The second-order valence-electron chi connectivity index (χ2n) is 5.30. The van der Waals surface area contributed by atoms with Gasteiger partial charge in [-0.1, -0.05) is 35.9 Å². The van der Waals surface area contributed by atoms with Gasteiger partial charge in [0.25, 0.3) is 0 Å². The fraction of sp³-hybridized carbons (Fsp3) is 0.235. The number of carbonyl (C=O) groups excluding carboxylic acids is 1. The van der Waals surface area contributed by atoms with Crippen molar-refractivity contribution < 1.29 is 9.90 Å². The van der Waals surface area contributed by atoms with E-state index in [0.29, 0.717) is 10.6 Å². The minimum absolute atomic E-state index is 0.0268. The fourth-order valence-corrected chi connectivity index (χ4v) is 3.01. The minimum atomic E-state index is 0.0268. The van der Waals surface area contributed by atoms with Gasteiger partial charge in [-0.05, 0) is 42.3 Å². The number of benzene rings is 2. The Labute approximate surface area is 128 Å². The number of ketones is 1. The van der Waals surface area contributed by atoms with Crippen molar-refractivity contribution >= 4 is 17.4 Å². The number of nitrogens with one attached hydrogen (secondary N) is 1. The van der Waals surface area contributed by atoms with E-state index in [1.165, 1.54) is 6.07 Å². The molecule has 1 atom stereocenters. The van der Waals surface area contributed by atoms with Gasteiger partial charge in [-0.2, -0.15) is 0 Å². The molecule has 1 saturated heterocycles. The molecule has 0 bridgehead atoms. The summed E-state index contributed by atoms with van der Waals surface area (Å²) in [6.07, 6.45) is 0.869. The van der Waals surface area contributed by atoms with Crippen LogP contribution in [0.25, 0.3) is 11.1 Å². The topological polar surface area (TPSA) is 49.3 Å². The van der Waals surface area contributed by atoms with Gasteiger partial charge in [-0.25, -0.2) is 0 Å². The first-order valence-electron chi connectivity index (χ1n) is 6.99. The summed E-state index contributed by atoms with van der Waals surface area (Å²) in [5, 5.41) is 13.4. The molecule has 3 rings (SSSR count). The van der Waals surface area contributed by atoms with E-state index >= 15 is 0 Å². The molecule has 1 aliphatic heterocycles. The smallest absolute Gasteiger partial charge is 0.167 e. The number of hydrogen-bond donors (Lipinski definition) is 2. The molecule has 4 heteroatoms. The highest BCUT2D eigenvalue weighted by atomic mass is 35.5. The lowest BCUT2D eigenvalue weighted by atomic mass is 9.90. The summed E-state index contributed by atoms with van der Waals surface area (Å²) in [4.78, 5) is 12.7. The second-order valence-corrected chi connectivity index (χ2v) is 5.73. The van der Waals surface area contributed by atoms with Crippen LogP contribution in [-0.4, -0.2) is 24.0 Å². The summed E-state index contributed by atoms with van der Waals surface area (Å²) in [6, 6.07) is 12.4. The van der Waals surface area contributed by atoms with E-state index in [2.05, 4.69) is 5.32 Å². The van der Waals surface area contributed by atoms with E-state index in [1.54, 1.807) is 12.1 Å². The number of carbonyl (C=O) groups is 1. The quantitative estimate of drug-likeness (QED) is 0.853. The molecule has 3 nitrogen and oxygen atoms in total. The van der Waals surface area contributed by atoms with Crippen molar-refractivity contribution in [2.45, 2.75) is 6.42 Å². The lowest BCUT2D eigenvalue weighted by Crippen LogP contribution is -2.18. The molecular formula is C17H16ClNO2. The number of phenolic OH excluding ortho intramolecular Hbond substituents is 1. The molecule has 0 aliphatic carbocycles. The molecule has 2 aromatic rings. The van der Waals surface area contributed by atoms with Crippen molar-refractivity contribution in [2.75, 3.05) is 13.1 Å². The fourth-order valence-electron chi connectivity index (χ4n) is 2.78. The van der Waals surface area contributed by atoms with Gasteiger partial charge in [0.15, 0.2) is 5.78 Å². The zero-order valence-electron chi connectivity index (χ0n) is 11.5. The Morgan fingerprint density at radius 1 is 1.24 bits per heavy atom. The molecule has 108 valence electrons. The molecule has 21 heavy (non-hydrogen) atoms. The number of hydrogen-bond acceptors (Lipinski definition) is 3. The van der Waals surface area contributed by atoms with Crippen LogP contribution in [0.2, 0.25) is 5.02 Å². The van der Waals surface area contributed by atoms with E-state index in [1.807, 2.05) is 24.3 Å². The van der Waals surface area contributed by atoms with Gasteiger partial charge in [0.05, 0.1) is 0 Å². The van der Waals surface area contributed by atoms with Crippen LogP contribution < -0.4 is 5.32 Å². The van der Waals surface area contributed by atoms with Gasteiger partial charge in [0.2, 0.25) is 0 Å². The van der Waals surface area contributed by atoms with Crippen LogP contribution >= 0.6 is 11.6 Å². The Hall–Kier alpha value is -1.84. The van der Waals surface area contributed by atoms with Gasteiger partial charge in [0, 0.05) is 23.0 Å². The number of rotatable bonds is 3. The summed E-state index contributed by atoms with van der Waals surface area (Å²) in [5.41, 5.74) is 2.26. The Morgan fingerprint density at radius 2 is 2.05 bits per heavy atom. The van der Waals surface area contributed by atoms with Crippen LogP contribution in [0.15, 0.2) is 42.5 Å². The SMILES string of the molecule is O=C(c1ccccc1-c1cc(O)cc(Cl)c1)C1CCNC1. The van der Waals surface area contributed by atoms with Gasteiger partial charge < -0.3 is 10.4 Å². The zero-order valence-corrected chi connectivity index (χ0v) is 12.2. The lowest BCUT2D eigenvalue weighted by molar-refractivity contribution is 0.0931. The van der Waals surface area contributed by atoms with E-state index in [9.17, 15) is 9.90 Å². The first-order valence-corrected chi connectivity index (χ1v) is 7.37. The van der Waals surface area contributed by atoms with E-state index < -0.39 is 0 Å². The predicted molar refractivity (Wildman–Crippen MR) is 83.9 cm³/mol. The molecule has 0 aromatic heterocycles. The van der Waals surface area contributed by atoms with Crippen molar-refractivity contribution in [1.29, 1.82) is 0 Å². The van der Waals surface area contributed by atoms with Crippen molar-refractivity contribution in [3.8, 4) is 16.9 Å². The third kappa shape index (κ3) is 2.94. The van der Waals surface area contributed by atoms with Crippen molar-refractivity contribution in [3.63, 3.8) is 0 Å². The highest BCUT2D eigenvalue weighted by Crippen LogP contribution is 2.31. The maximum atomic E-state index is 12.7. The van der Waals surface area contributed by atoms with E-state index in [-0.39, 0.29) is 17.5 Å². The van der Waals surface area contributed by atoms with Gasteiger partial charge in [0.1, 0.15) is 5.75 Å². The van der Waals surface area contributed by atoms with Crippen LogP contribution in [-0.2, 0) is 0 Å². The third-order valence-corrected chi connectivity index (χ3v) is 4.04. The maximum Gasteiger partial charge on any atom is 0.167 e. The van der Waals surface area contributed by atoms with E-state index in [0.717, 1.165) is 30.6 Å². The summed E-state index contributed by atoms with van der Waals surface area (Å²) in [7, 11) is 0. The highest BCUT2D eigenvalue weighted by molar-refractivity contribution is 6.31. The Kier molecular flexibility index (Phi) is 3.95. The summed E-state index contributed by atoms with van der Waals surface area (Å²) < 4.78 is 0. The molecule has 0 saturated carbocycles. The summed E-state index contributed by atoms with van der Waals surface area (Å²) >= 11 is 6.00. The van der Waals surface area contributed by atoms with E-state index in [4.69, 9.17) is 11.6 Å². The number of Topliss-reactive ketones (excluding diaryl/α,β-unsaturated/α-hetero) is 1. The first-order chi connectivity index (χ1) is 10.1. The molecular weight excluding hydrogens is 286 g/mol. The Bertz CT molecular complexity index is 658. The highest BCUT2D eigenvalue weighted by Gasteiger charge is 2.25. The minimum Gasteiger partial charge on any atom is -0.508 e. The van der Waals surface area contributed by atoms with Crippen LogP contribution in [0.3, 0.4) is 0 Å².